The Balaban J connectivity index is 2.58. The summed E-state index contributed by atoms with van der Waals surface area (Å²) in [6.07, 6.45) is 0.604. The molecule has 0 amide bonds. The summed E-state index contributed by atoms with van der Waals surface area (Å²) in [5.74, 6) is -0.319. The van der Waals surface area contributed by atoms with Gasteiger partial charge in [-0.3, -0.25) is 4.79 Å². The van der Waals surface area contributed by atoms with Crippen LogP contribution in [-0.2, 0) is 0 Å². The molecule has 0 unspecified atom stereocenters. The van der Waals surface area contributed by atoms with Crippen LogP contribution in [0.5, 0.6) is 5.75 Å². The van der Waals surface area contributed by atoms with Gasteiger partial charge in [0.25, 0.3) is 0 Å². The number of ether oxygens (including phenoxy) is 1. The summed E-state index contributed by atoms with van der Waals surface area (Å²) in [6.45, 7) is 1.14. The van der Waals surface area contributed by atoms with Crippen molar-refractivity contribution in [2.24, 2.45) is 0 Å². The van der Waals surface area contributed by atoms with Gasteiger partial charge in [0, 0.05) is 12.1 Å². The Morgan fingerprint density at radius 3 is 2.73 bits per heavy atom. The monoisotopic (exact) mass is 211 g/mol. The molecule has 0 N–H and O–H groups in total. The third kappa shape index (κ3) is 3.67. The van der Waals surface area contributed by atoms with Gasteiger partial charge >= 0.3 is 0 Å². The molecule has 1 aromatic carbocycles. The van der Waals surface area contributed by atoms with Crippen molar-refractivity contribution in [3.63, 3.8) is 0 Å². The van der Waals surface area contributed by atoms with Gasteiger partial charge in [-0.15, -0.1) is 0 Å². The number of nitrogens with zero attached hydrogens (tertiary/aromatic N) is 1. The minimum Gasteiger partial charge on any atom is -0.489 e. The van der Waals surface area contributed by atoms with E-state index < -0.39 is 5.82 Å². The number of likely N-dealkylation sites (N-methyl/N-ethyl adjacent to an activating group) is 1. The Labute approximate surface area is 88.5 Å². The highest BCUT2D eigenvalue weighted by molar-refractivity contribution is 5.74. The summed E-state index contributed by atoms with van der Waals surface area (Å²) in [5.41, 5.74) is 0.312. The van der Waals surface area contributed by atoms with E-state index >= 15 is 0 Å². The number of carbonyl (C=O) groups is 1. The first-order valence-electron chi connectivity index (χ1n) is 4.65. The van der Waals surface area contributed by atoms with Gasteiger partial charge in [0.15, 0.2) is 11.6 Å². The van der Waals surface area contributed by atoms with Crippen LogP contribution in [0, 0.1) is 5.82 Å². The van der Waals surface area contributed by atoms with Crippen LogP contribution in [0.4, 0.5) is 4.39 Å². The maximum Gasteiger partial charge on any atom is 0.165 e. The molecule has 0 aromatic heterocycles. The first kappa shape index (κ1) is 11.7. The van der Waals surface area contributed by atoms with Crippen molar-refractivity contribution in [2.75, 3.05) is 27.2 Å². The maximum absolute atomic E-state index is 13.3. The second-order valence-electron chi connectivity index (χ2n) is 3.46. The minimum absolute atomic E-state index is 0.183. The lowest BCUT2D eigenvalue weighted by atomic mass is 10.2. The van der Waals surface area contributed by atoms with Crippen LogP contribution in [0.2, 0.25) is 0 Å². The lowest BCUT2D eigenvalue weighted by molar-refractivity contribution is 0.112. The van der Waals surface area contributed by atoms with Gasteiger partial charge in [0.1, 0.15) is 12.9 Å². The Hall–Kier alpha value is -1.42. The number of hydrogen-bond acceptors (Lipinski definition) is 3. The molecule has 0 heterocycles. The topological polar surface area (TPSA) is 29.5 Å². The average molecular weight is 211 g/mol. The van der Waals surface area contributed by atoms with E-state index in [9.17, 15) is 9.18 Å². The molecular formula is C11H14FNO2. The van der Waals surface area contributed by atoms with Gasteiger partial charge in [-0.2, -0.15) is 0 Å². The smallest absolute Gasteiger partial charge is 0.165 e. The van der Waals surface area contributed by atoms with Crippen LogP contribution in [0.25, 0.3) is 0 Å². The molecule has 0 spiro atoms. The molecule has 0 aliphatic rings. The fourth-order valence-corrected chi connectivity index (χ4v) is 1.05. The largest absolute Gasteiger partial charge is 0.489 e. The molecular weight excluding hydrogens is 197 g/mol. The number of carbonyl (C=O) groups excluding carboxylic acids is 1. The molecule has 1 rings (SSSR count). The van der Waals surface area contributed by atoms with Gasteiger partial charge in [-0.1, -0.05) is 0 Å². The van der Waals surface area contributed by atoms with Crippen molar-refractivity contribution in [1.29, 1.82) is 0 Å². The lowest BCUT2D eigenvalue weighted by Gasteiger charge is -2.11. The van der Waals surface area contributed by atoms with Crippen LogP contribution in [0.3, 0.4) is 0 Å². The van der Waals surface area contributed by atoms with Crippen LogP contribution in [0.1, 0.15) is 10.4 Å². The number of hydrogen-bond donors (Lipinski definition) is 0. The normalized spacial score (nSPS) is 10.4. The summed E-state index contributed by atoms with van der Waals surface area (Å²) in [7, 11) is 3.82. The fraction of sp³-hybridized carbons (Fsp3) is 0.364. The molecule has 15 heavy (non-hydrogen) atoms. The first-order valence-corrected chi connectivity index (χ1v) is 4.65. The first-order chi connectivity index (χ1) is 7.13. The van der Waals surface area contributed by atoms with E-state index in [1.165, 1.54) is 12.1 Å². The summed E-state index contributed by atoms with van der Waals surface area (Å²) < 4.78 is 18.5. The Morgan fingerprint density at radius 1 is 1.47 bits per heavy atom. The van der Waals surface area contributed by atoms with E-state index in [-0.39, 0.29) is 5.75 Å². The van der Waals surface area contributed by atoms with Gasteiger partial charge in [-0.25, -0.2) is 4.39 Å². The molecule has 0 aliphatic heterocycles. The zero-order valence-corrected chi connectivity index (χ0v) is 8.87. The van der Waals surface area contributed by atoms with Crippen molar-refractivity contribution < 1.29 is 13.9 Å². The molecule has 0 bridgehead atoms. The molecule has 0 saturated carbocycles. The number of benzene rings is 1. The summed E-state index contributed by atoms with van der Waals surface area (Å²) in [4.78, 5) is 12.3. The van der Waals surface area contributed by atoms with E-state index in [0.29, 0.717) is 18.5 Å². The van der Waals surface area contributed by atoms with Gasteiger partial charge in [0.05, 0.1) is 0 Å². The molecule has 0 aliphatic carbocycles. The van der Waals surface area contributed by atoms with Crippen LogP contribution in [-0.4, -0.2) is 38.4 Å². The summed E-state index contributed by atoms with van der Waals surface area (Å²) in [5, 5.41) is 0. The van der Waals surface area contributed by atoms with Crippen molar-refractivity contribution in [1.82, 2.24) is 4.90 Å². The average Bonchev–Trinajstić information content (AvgIpc) is 2.20. The van der Waals surface area contributed by atoms with E-state index in [4.69, 9.17) is 4.74 Å². The van der Waals surface area contributed by atoms with Gasteiger partial charge in [-0.05, 0) is 32.3 Å². The lowest BCUT2D eigenvalue weighted by Crippen LogP contribution is -2.19. The van der Waals surface area contributed by atoms with Crippen molar-refractivity contribution >= 4 is 6.29 Å². The van der Waals surface area contributed by atoms with E-state index in [0.717, 1.165) is 12.6 Å². The Bertz CT molecular complexity index is 339. The second kappa shape index (κ2) is 5.46. The second-order valence-corrected chi connectivity index (χ2v) is 3.46. The van der Waals surface area contributed by atoms with Crippen LogP contribution in [0.15, 0.2) is 18.2 Å². The van der Waals surface area contributed by atoms with Crippen LogP contribution < -0.4 is 4.74 Å². The zero-order chi connectivity index (χ0) is 11.3. The van der Waals surface area contributed by atoms with Crippen molar-refractivity contribution in [3.8, 4) is 5.75 Å². The Kier molecular flexibility index (Phi) is 4.24. The highest BCUT2D eigenvalue weighted by Gasteiger charge is 2.04. The molecule has 0 fully saturated rings. The third-order valence-electron chi connectivity index (χ3n) is 1.89. The predicted octanol–water partition coefficient (Wildman–Crippen LogP) is 1.58. The van der Waals surface area contributed by atoms with E-state index in [2.05, 4.69) is 0 Å². The van der Waals surface area contributed by atoms with Gasteiger partial charge < -0.3 is 9.64 Å². The molecule has 0 saturated heterocycles. The van der Waals surface area contributed by atoms with Crippen LogP contribution >= 0.6 is 0 Å². The van der Waals surface area contributed by atoms with Crippen molar-refractivity contribution in [3.05, 3.63) is 29.6 Å². The standard InChI is InChI=1S/C11H14FNO2/c1-13(2)5-6-15-11-4-3-9(8-14)7-10(11)12/h3-4,7-8H,5-6H2,1-2H3. The van der Waals surface area contributed by atoms with E-state index in [1.807, 2.05) is 19.0 Å². The molecule has 4 heteroatoms. The molecule has 1 aromatic rings. The summed E-state index contributed by atoms with van der Waals surface area (Å²) in [6, 6.07) is 4.16. The number of halogens is 1. The quantitative estimate of drug-likeness (QED) is 0.692. The SMILES string of the molecule is CN(C)CCOc1ccc(C=O)cc1F. The highest BCUT2D eigenvalue weighted by atomic mass is 19.1. The molecule has 0 radical (unpaired) electrons. The predicted molar refractivity (Wildman–Crippen MR) is 55.8 cm³/mol. The molecule has 3 nitrogen and oxygen atoms in total. The zero-order valence-electron chi connectivity index (χ0n) is 8.87. The van der Waals surface area contributed by atoms with E-state index in [1.54, 1.807) is 0 Å². The molecule has 82 valence electrons. The Morgan fingerprint density at radius 2 is 2.20 bits per heavy atom. The fourth-order valence-electron chi connectivity index (χ4n) is 1.05. The highest BCUT2D eigenvalue weighted by Crippen LogP contribution is 2.17. The molecule has 0 atom stereocenters. The number of aldehydes is 1. The maximum atomic E-state index is 13.3. The third-order valence-corrected chi connectivity index (χ3v) is 1.89. The number of rotatable bonds is 5. The minimum atomic E-state index is -0.502. The summed E-state index contributed by atoms with van der Waals surface area (Å²) >= 11 is 0. The van der Waals surface area contributed by atoms with Gasteiger partial charge in [0.2, 0.25) is 0 Å². The van der Waals surface area contributed by atoms with Crippen molar-refractivity contribution in [2.45, 2.75) is 0 Å².